The third-order valence-electron chi connectivity index (χ3n) is 3.79. The molecule has 1 fully saturated rings. The third-order valence-corrected chi connectivity index (χ3v) is 4.56. The van der Waals surface area contributed by atoms with Crippen LogP contribution in [0.1, 0.15) is 25.5 Å². The Hall–Kier alpha value is -0.910. The number of nitrogens with zero attached hydrogens (tertiary/aromatic N) is 2. The fourth-order valence-corrected chi connectivity index (χ4v) is 3.50. The molecule has 4 nitrogen and oxygen atoms in total. The second kappa shape index (κ2) is 5.61. The molecule has 0 bridgehead atoms. The van der Waals surface area contributed by atoms with Gasteiger partial charge >= 0.3 is 0 Å². The van der Waals surface area contributed by atoms with Gasteiger partial charge in [-0.05, 0) is 25.3 Å². The summed E-state index contributed by atoms with van der Waals surface area (Å²) in [7, 11) is 1.83. The van der Waals surface area contributed by atoms with E-state index in [4.69, 9.17) is 4.74 Å². The van der Waals surface area contributed by atoms with E-state index >= 15 is 0 Å². The SMILES string of the molecule is CCNC(Cc1cn2ccsc2n1)C(OC)C1CC1. The minimum atomic E-state index is 0.319. The van der Waals surface area contributed by atoms with Gasteiger partial charge in [0.2, 0.25) is 0 Å². The molecular weight excluding hydrogens is 258 g/mol. The van der Waals surface area contributed by atoms with Gasteiger partial charge in [0.15, 0.2) is 4.96 Å². The highest BCUT2D eigenvalue weighted by Crippen LogP contribution is 2.36. The zero-order valence-corrected chi connectivity index (χ0v) is 12.3. The summed E-state index contributed by atoms with van der Waals surface area (Å²) in [5, 5.41) is 5.63. The van der Waals surface area contributed by atoms with Crippen LogP contribution in [-0.4, -0.2) is 35.2 Å². The van der Waals surface area contributed by atoms with Crippen LogP contribution >= 0.6 is 11.3 Å². The summed E-state index contributed by atoms with van der Waals surface area (Å²) in [5.74, 6) is 0.734. The zero-order valence-electron chi connectivity index (χ0n) is 11.5. The van der Waals surface area contributed by atoms with E-state index in [0.29, 0.717) is 12.1 Å². The number of aromatic nitrogens is 2. The molecule has 0 amide bonds. The fraction of sp³-hybridized carbons (Fsp3) is 0.643. The van der Waals surface area contributed by atoms with Crippen LogP contribution in [0.3, 0.4) is 0 Å². The molecule has 2 atom stereocenters. The molecule has 0 aliphatic heterocycles. The molecule has 3 rings (SSSR count). The van der Waals surface area contributed by atoms with Gasteiger partial charge in [0, 0.05) is 37.3 Å². The Morgan fingerprint density at radius 1 is 1.58 bits per heavy atom. The second-order valence-corrected chi connectivity index (χ2v) is 6.10. The van der Waals surface area contributed by atoms with E-state index in [-0.39, 0.29) is 0 Å². The van der Waals surface area contributed by atoms with E-state index in [1.807, 2.05) is 7.11 Å². The number of hydrogen-bond donors (Lipinski definition) is 1. The van der Waals surface area contributed by atoms with Gasteiger partial charge in [-0.15, -0.1) is 11.3 Å². The standard InChI is InChI=1S/C14H21N3OS/c1-3-15-12(13(18-2)10-4-5-10)8-11-9-17-6-7-19-14(17)16-11/h6-7,9-10,12-13,15H,3-5,8H2,1-2H3. The Bertz CT molecular complexity index is 503. The summed E-state index contributed by atoms with van der Waals surface area (Å²) < 4.78 is 7.82. The van der Waals surface area contributed by atoms with Crippen molar-refractivity contribution in [3.8, 4) is 0 Å². The van der Waals surface area contributed by atoms with Crippen LogP contribution in [-0.2, 0) is 11.2 Å². The molecular formula is C14H21N3OS. The topological polar surface area (TPSA) is 38.6 Å². The lowest BCUT2D eigenvalue weighted by molar-refractivity contribution is 0.0513. The molecule has 1 aliphatic rings. The number of hydrogen-bond acceptors (Lipinski definition) is 4. The van der Waals surface area contributed by atoms with E-state index in [0.717, 1.165) is 29.5 Å². The maximum absolute atomic E-state index is 5.72. The lowest BCUT2D eigenvalue weighted by Gasteiger charge is -2.26. The third kappa shape index (κ3) is 2.83. The quantitative estimate of drug-likeness (QED) is 0.845. The predicted molar refractivity (Wildman–Crippen MR) is 77.8 cm³/mol. The van der Waals surface area contributed by atoms with Crippen molar-refractivity contribution >= 4 is 16.3 Å². The number of methoxy groups -OCH3 is 1. The number of thiazole rings is 1. The predicted octanol–water partition coefficient (Wildman–Crippen LogP) is 2.34. The Balaban J connectivity index is 1.74. The maximum Gasteiger partial charge on any atom is 0.193 e. The molecule has 0 spiro atoms. The summed E-state index contributed by atoms with van der Waals surface area (Å²) >= 11 is 1.68. The van der Waals surface area contributed by atoms with Crippen LogP contribution < -0.4 is 5.32 Å². The molecule has 1 aliphatic carbocycles. The van der Waals surface area contributed by atoms with E-state index < -0.39 is 0 Å². The molecule has 19 heavy (non-hydrogen) atoms. The van der Waals surface area contributed by atoms with Gasteiger partial charge in [0.05, 0.1) is 11.8 Å². The van der Waals surface area contributed by atoms with Gasteiger partial charge in [0.25, 0.3) is 0 Å². The lowest BCUT2D eigenvalue weighted by atomic mass is 10.0. The van der Waals surface area contributed by atoms with E-state index in [2.05, 4.69) is 39.4 Å². The summed E-state index contributed by atoms with van der Waals surface area (Å²) in [4.78, 5) is 5.75. The van der Waals surface area contributed by atoms with Gasteiger partial charge in [0.1, 0.15) is 0 Å². The molecule has 2 heterocycles. The first-order valence-corrected chi connectivity index (χ1v) is 7.87. The monoisotopic (exact) mass is 279 g/mol. The summed E-state index contributed by atoms with van der Waals surface area (Å²) in [6.07, 6.45) is 8.07. The normalized spacial score (nSPS) is 18.8. The molecule has 2 aromatic rings. The van der Waals surface area contributed by atoms with Crippen molar-refractivity contribution in [3.05, 3.63) is 23.5 Å². The Labute approximate surface area is 117 Å². The van der Waals surface area contributed by atoms with Crippen molar-refractivity contribution in [3.63, 3.8) is 0 Å². The van der Waals surface area contributed by atoms with Crippen molar-refractivity contribution in [2.24, 2.45) is 5.92 Å². The van der Waals surface area contributed by atoms with Crippen molar-refractivity contribution in [1.29, 1.82) is 0 Å². The smallest absolute Gasteiger partial charge is 0.193 e. The minimum Gasteiger partial charge on any atom is -0.380 e. The van der Waals surface area contributed by atoms with Crippen LogP contribution in [0.5, 0.6) is 0 Å². The van der Waals surface area contributed by atoms with E-state index in [1.54, 1.807) is 11.3 Å². The van der Waals surface area contributed by atoms with Gasteiger partial charge in [-0.2, -0.15) is 0 Å². The average Bonchev–Trinajstić information content (AvgIpc) is 3.00. The second-order valence-electron chi connectivity index (χ2n) is 5.23. The lowest BCUT2D eigenvalue weighted by Crippen LogP contribution is -2.43. The summed E-state index contributed by atoms with van der Waals surface area (Å²) in [5.41, 5.74) is 1.15. The molecule has 2 unspecified atom stereocenters. The first-order valence-electron chi connectivity index (χ1n) is 6.99. The molecule has 0 saturated heterocycles. The van der Waals surface area contributed by atoms with Crippen LogP contribution in [0, 0.1) is 5.92 Å². The first kappa shape index (κ1) is 13.1. The van der Waals surface area contributed by atoms with E-state index in [1.165, 1.54) is 12.8 Å². The molecule has 0 aromatic carbocycles. The number of nitrogens with one attached hydrogen (secondary N) is 1. The Morgan fingerprint density at radius 3 is 3.05 bits per heavy atom. The van der Waals surface area contributed by atoms with Gasteiger partial charge in [-0.1, -0.05) is 6.92 Å². The number of ether oxygens (including phenoxy) is 1. The molecule has 104 valence electrons. The molecule has 2 aromatic heterocycles. The van der Waals surface area contributed by atoms with E-state index in [9.17, 15) is 0 Å². The zero-order chi connectivity index (χ0) is 13.2. The van der Waals surface area contributed by atoms with Gasteiger partial charge in [-0.25, -0.2) is 4.98 Å². The molecule has 0 radical (unpaired) electrons. The van der Waals surface area contributed by atoms with Gasteiger partial charge < -0.3 is 10.1 Å². The Kier molecular flexibility index (Phi) is 3.86. The first-order chi connectivity index (χ1) is 9.31. The number of rotatable bonds is 7. The number of likely N-dealkylation sites (N-methyl/N-ethyl adjacent to an activating group) is 1. The summed E-state index contributed by atoms with van der Waals surface area (Å²) in [6, 6.07) is 0.368. The fourth-order valence-electron chi connectivity index (χ4n) is 2.78. The summed E-state index contributed by atoms with van der Waals surface area (Å²) in [6.45, 7) is 3.12. The van der Waals surface area contributed by atoms with Crippen LogP contribution in [0.25, 0.3) is 4.96 Å². The molecule has 5 heteroatoms. The van der Waals surface area contributed by atoms with Crippen molar-refractivity contribution in [2.75, 3.05) is 13.7 Å². The Morgan fingerprint density at radius 2 is 2.42 bits per heavy atom. The highest BCUT2D eigenvalue weighted by Gasteiger charge is 2.36. The highest BCUT2D eigenvalue weighted by atomic mass is 32.1. The van der Waals surface area contributed by atoms with Gasteiger partial charge in [-0.3, -0.25) is 4.40 Å². The van der Waals surface area contributed by atoms with Crippen LogP contribution in [0.2, 0.25) is 0 Å². The molecule has 1 saturated carbocycles. The van der Waals surface area contributed by atoms with Crippen molar-refractivity contribution in [1.82, 2.24) is 14.7 Å². The highest BCUT2D eigenvalue weighted by molar-refractivity contribution is 7.15. The average molecular weight is 279 g/mol. The van der Waals surface area contributed by atoms with Crippen LogP contribution in [0.15, 0.2) is 17.8 Å². The number of fused-ring (bicyclic) bond motifs is 1. The van der Waals surface area contributed by atoms with Crippen molar-refractivity contribution < 1.29 is 4.74 Å². The van der Waals surface area contributed by atoms with Crippen molar-refractivity contribution in [2.45, 2.75) is 38.3 Å². The minimum absolute atomic E-state index is 0.319. The largest absolute Gasteiger partial charge is 0.380 e. The van der Waals surface area contributed by atoms with Crippen LogP contribution in [0.4, 0.5) is 0 Å². The number of imidazole rings is 1. The molecule has 1 N–H and O–H groups in total. The maximum atomic E-state index is 5.72.